The van der Waals surface area contributed by atoms with E-state index in [0.29, 0.717) is 29.5 Å². The molecule has 0 atom stereocenters. The van der Waals surface area contributed by atoms with E-state index >= 15 is 0 Å². The minimum atomic E-state index is 0.431. The molecular formula is C40H62N2O2S2. The van der Waals surface area contributed by atoms with Gasteiger partial charge in [-0.05, 0) is 87.5 Å². The summed E-state index contributed by atoms with van der Waals surface area (Å²) in [4.78, 5) is 5.89. The van der Waals surface area contributed by atoms with Crippen molar-refractivity contribution in [3.63, 3.8) is 0 Å². The van der Waals surface area contributed by atoms with Crippen LogP contribution < -0.4 is 10.5 Å². The van der Waals surface area contributed by atoms with Crippen LogP contribution in [0.3, 0.4) is 0 Å². The van der Waals surface area contributed by atoms with Gasteiger partial charge < -0.3 is 14.9 Å². The molecule has 2 aromatic rings. The van der Waals surface area contributed by atoms with Gasteiger partial charge in [-0.1, -0.05) is 90.2 Å². The Hall–Kier alpha value is -2.83. The van der Waals surface area contributed by atoms with Crippen LogP contribution in [0.5, 0.6) is 5.75 Å². The molecule has 0 aliphatic rings. The molecule has 256 valence electrons. The van der Waals surface area contributed by atoms with Crippen molar-refractivity contribution in [2.45, 2.75) is 99.3 Å². The Morgan fingerprint density at radius 3 is 2.30 bits per heavy atom. The van der Waals surface area contributed by atoms with E-state index in [1.165, 1.54) is 37.9 Å². The number of nitrogen functional groups attached to an aromatic ring is 1. The zero-order valence-electron chi connectivity index (χ0n) is 29.7. The lowest BCUT2D eigenvalue weighted by molar-refractivity contribution is 0.354. The maximum Gasteiger partial charge on any atom is 0.223 e. The summed E-state index contributed by atoms with van der Waals surface area (Å²) in [5, 5.41) is 0. The van der Waals surface area contributed by atoms with Gasteiger partial charge in [-0.3, -0.25) is 0 Å². The fourth-order valence-electron chi connectivity index (χ4n) is 4.06. The lowest BCUT2D eigenvalue weighted by atomic mass is 10.1. The summed E-state index contributed by atoms with van der Waals surface area (Å²) in [6, 6.07) is 3.68. The minimum Gasteiger partial charge on any atom is -0.487 e. The molecule has 2 rings (SSSR count). The van der Waals surface area contributed by atoms with Crippen molar-refractivity contribution in [3.05, 3.63) is 96.8 Å². The van der Waals surface area contributed by atoms with Crippen molar-refractivity contribution in [2.24, 2.45) is 0 Å². The molecule has 0 aliphatic heterocycles. The molecule has 1 aromatic carbocycles. The van der Waals surface area contributed by atoms with Gasteiger partial charge in [0.2, 0.25) is 5.89 Å². The molecular weight excluding hydrogens is 605 g/mol. The molecule has 1 aromatic heterocycles. The molecule has 0 fully saturated rings. The molecule has 0 amide bonds. The summed E-state index contributed by atoms with van der Waals surface area (Å²) in [6.07, 6.45) is 26.7. The standard InChI is InChI=1S/C36H50N2O2S2.2C2H6/c1-6-10-12-14-16-23-41-24-18-15-20-30(19-8-3)36-38-33-26-32(37)34(27-35(33)40-36)39-28-29(5)21-22-31(9-4)42-25-17-13-11-7-2;2*1-2/h6-7,9,15,18-19,21-22,26-27H,1-2,4,8,10-14,16-17,20,23-25,28,37H2,3,5H3;2*1-2H3/b18-15-,29-21+,30-19+,31-22+;;. The van der Waals surface area contributed by atoms with E-state index in [4.69, 9.17) is 19.9 Å². The van der Waals surface area contributed by atoms with Gasteiger partial charge in [0.1, 0.15) is 17.9 Å². The van der Waals surface area contributed by atoms with E-state index in [1.807, 2.05) is 88.5 Å². The van der Waals surface area contributed by atoms with Crippen molar-refractivity contribution in [1.29, 1.82) is 0 Å². The van der Waals surface area contributed by atoms with E-state index in [-0.39, 0.29) is 0 Å². The van der Waals surface area contributed by atoms with Crippen LogP contribution in [-0.2, 0) is 0 Å². The molecule has 0 aliphatic carbocycles. The molecule has 0 unspecified atom stereocenters. The number of oxazole rings is 1. The second-order valence-electron chi connectivity index (χ2n) is 10.1. The fraction of sp³-hybridized carbons (Fsp3) is 0.475. The van der Waals surface area contributed by atoms with Crippen LogP contribution in [-0.4, -0.2) is 28.8 Å². The number of allylic oxidation sites excluding steroid dienone is 8. The first-order valence-electron chi connectivity index (χ1n) is 17.1. The number of rotatable bonds is 23. The van der Waals surface area contributed by atoms with Crippen LogP contribution >= 0.6 is 23.5 Å². The summed E-state index contributed by atoms with van der Waals surface area (Å²) in [5.74, 6) is 4.55. The molecule has 0 saturated heterocycles. The van der Waals surface area contributed by atoms with Crippen LogP contribution in [0.2, 0.25) is 0 Å². The predicted molar refractivity (Wildman–Crippen MR) is 213 cm³/mol. The highest BCUT2D eigenvalue weighted by atomic mass is 32.2. The summed E-state index contributed by atoms with van der Waals surface area (Å²) in [5.41, 5.74) is 10.5. The van der Waals surface area contributed by atoms with Gasteiger partial charge in [0.25, 0.3) is 0 Å². The third-order valence-corrected chi connectivity index (χ3v) is 8.56. The first-order chi connectivity index (χ1) is 22.5. The summed E-state index contributed by atoms with van der Waals surface area (Å²) in [6.45, 7) is 24.1. The van der Waals surface area contributed by atoms with Crippen molar-refractivity contribution in [2.75, 3.05) is 29.6 Å². The number of aromatic nitrogens is 1. The number of fused-ring (bicyclic) bond motifs is 1. The van der Waals surface area contributed by atoms with Gasteiger partial charge in [0.05, 0.1) is 5.69 Å². The lowest BCUT2D eigenvalue weighted by Crippen LogP contribution is -2.01. The van der Waals surface area contributed by atoms with Crippen LogP contribution in [0.4, 0.5) is 5.69 Å². The van der Waals surface area contributed by atoms with E-state index in [0.717, 1.165) is 58.8 Å². The topological polar surface area (TPSA) is 61.3 Å². The lowest BCUT2D eigenvalue weighted by Gasteiger charge is -2.08. The molecule has 2 N–H and O–H groups in total. The number of unbranched alkanes of at least 4 members (excludes halogenated alkanes) is 5. The van der Waals surface area contributed by atoms with Crippen molar-refractivity contribution >= 4 is 45.9 Å². The SMILES string of the molecule is C=CCCCCCSC/C=C\C/C(=C\CC)c1nc2cc(N)c(OC/C(C)=C/C=C(\C=C)SCCCCC=C)cc2o1.CC.CC. The highest BCUT2D eigenvalue weighted by Crippen LogP contribution is 2.31. The zero-order valence-corrected chi connectivity index (χ0v) is 31.4. The minimum absolute atomic E-state index is 0.431. The third kappa shape index (κ3) is 19.0. The van der Waals surface area contributed by atoms with Crippen molar-refractivity contribution < 1.29 is 9.15 Å². The average Bonchev–Trinajstić information content (AvgIpc) is 3.49. The number of hydrogen-bond donors (Lipinski definition) is 1. The Bertz CT molecular complexity index is 1240. The van der Waals surface area contributed by atoms with Gasteiger partial charge in [-0.2, -0.15) is 11.8 Å². The smallest absolute Gasteiger partial charge is 0.223 e. The highest BCUT2D eigenvalue weighted by molar-refractivity contribution is 8.03. The quantitative estimate of drug-likeness (QED) is 0.0551. The van der Waals surface area contributed by atoms with E-state index in [1.54, 1.807) is 0 Å². The Balaban J connectivity index is 0.00000486. The fourth-order valence-corrected chi connectivity index (χ4v) is 5.77. The van der Waals surface area contributed by atoms with Crippen LogP contribution in [0.25, 0.3) is 16.7 Å². The largest absolute Gasteiger partial charge is 0.487 e. The summed E-state index contributed by atoms with van der Waals surface area (Å²) >= 11 is 3.81. The maximum absolute atomic E-state index is 6.33. The van der Waals surface area contributed by atoms with Gasteiger partial charge in [0, 0.05) is 22.3 Å². The number of anilines is 1. The Labute approximate surface area is 290 Å². The molecule has 6 heteroatoms. The monoisotopic (exact) mass is 666 g/mol. The normalized spacial score (nSPS) is 11.9. The van der Waals surface area contributed by atoms with Crippen molar-refractivity contribution in [1.82, 2.24) is 4.98 Å². The van der Waals surface area contributed by atoms with Crippen LogP contribution in [0.15, 0.2) is 95.4 Å². The molecule has 46 heavy (non-hydrogen) atoms. The van der Waals surface area contributed by atoms with Gasteiger partial charge in [-0.15, -0.1) is 24.9 Å². The molecule has 0 radical (unpaired) electrons. The van der Waals surface area contributed by atoms with Gasteiger partial charge in [-0.25, -0.2) is 4.98 Å². The van der Waals surface area contributed by atoms with E-state index in [9.17, 15) is 0 Å². The average molecular weight is 667 g/mol. The first kappa shape index (κ1) is 43.2. The highest BCUT2D eigenvalue weighted by Gasteiger charge is 2.13. The predicted octanol–water partition coefficient (Wildman–Crippen LogP) is 13.2. The summed E-state index contributed by atoms with van der Waals surface area (Å²) in [7, 11) is 0. The van der Waals surface area contributed by atoms with E-state index < -0.39 is 0 Å². The van der Waals surface area contributed by atoms with Crippen molar-refractivity contribution in [3.8, 4) is 5.75 Å². The van der Waals surface area contributed by atoms with Gasteiger partial charge in [0.15, 0.2) is 5.58 Å². The Kier molecular flexibility index (Phi) is 27.7. The van der Waals surface area contributed by atoms with Crippen LogP contribution in [0.1, 0.15) is 105 Å². The molecule has 4 nitrogen and oxygen atoms in total. The second kappa shape index (κ2) is 29.6. The van der Waals surface area contributed by atoms with Gasteiger partial charge >= 0.3 is 0 Å². The molecule has 0 spiro atoms. The number of benzene rings is 1. The number of hydrogen-bond acceptors (Lipinski definition) is 6. The van der Waals surface area contributed by atoms with E-state index in [2.05, 4.69) is 57.0 Å². The first-order valence-corrected chi connectivity index (χ1v) is 19.3. The second-order valence-corrected chi connectivity index (χ2v) is 12.4. The number of nitrogens with two attached hydrogens (primary N) is 1. The number of thioether (sulfide) groups is 2. The third-order valence-electron chi connectivity index (χ3n) is 6.42. The molecule has 0 saturated carbocycles. The zero-order chi connectivity index (χ0) is 34.4. The Morgan fingerprint density at radius 2 is 1.63 bits per heavy atom. The molecule has 0 bridgehead atoms. The Morgan fingerprint density at radius 1 is 0.935 bits per heavy atom. The maximum atomic E-state index is 6.33. The van der Waals surface area contributed by atoms with Crippen LogP contribution in [0, 0.1) is 0 Å². The molecule has 1 heterocycles. The summed E-state index contributed by atoms with van der Waals surface area (Å²) < 4.78 is 12.2. The number of ether oxygens (including phenoxy) is 1. The number of nitrogens with zero attached hydrogens (tertiary/aromatic N) is 1.